The summed E-state index contributed by atoms with van der Waals surface area (Å²) in [6, 6.07) is 0. The Kier molecular flexibility index (Phi) is 4.65. The van der Waals surface area contributed by atoms with Crippen molar-refractivity contribution in [1.29, 1.82) is 0 Å². The van der Waals surface area contributed by atoms with E-state index in [9.17, 15) is 15.3 Å². The monoisotopic (exact) mass is 220 g/mol. The maximum atomic E-state index is 9.48. The molecule has 0 radical (unpaired) electrons. The SMILES string of the molecule is C=CCO[C@@H]1O[C@@H]([C@H](O)CO)[C@H](O)[C@H]1O. The van der Waals surface area contributed by atoms with Crippen LogP contribution in [-0.4, -0.2) is 64.3 Å². The summed E-state index contributed by atoms with van der Waals surface area (Å²) < 4.78 is 10.1. The highest BCUT2D eigenvalue weighted by Crippen LogP contribution is 2.24. The van der Waals surface area contributed by atoms with Gasteiger partial charge in [-0.25, -0.2) is 0 Å². The molecule has 6 nitrogen and oxygen atoms in total. The van der Waals surface area contributed by atoms with Crippen molar-refractivity contribution in [3.05, 3.63) is 12.7 Å². The molecular formula is C9H16O6. The maximum absolute atomic E-state index is 9.48. The molecule has 0 unspecified atom stereocenters. The summed E-state index contributed by atoms with van der Waals surface area (Å²) in [6.07, 6.45) is -4.34. The standard InChI is InChI=1S/C9H16O6/c1-2-3-14-9-7(13)6(12)8(15-9)5(11)4-10/h2,5-13H,1,3-4H2/t5-,6-,7-,8+,9-/m1/s1. The van der Waals surface area contributed by atoms with Gasteiger partial charge in [0, 0.05) is 0 Å². The summed E-state index contributed by atoms with van der Waals surface area (Å²) in [5.74, 6) is 0. The molecule has 1 aliphatic heterocycles. The van der Waals surface area contributed by atoms with Crippen LogP contribution in [0.15, 0.2) is 12.7 Å². The lowest BCUT2D eigenvalue weighted by Gasteiger charge is -2.18. The number of hydrogen-bond acceptors (Lipinski definition) is 6. The molecule has 0 amide bonds. The van der Waals surface area contributed by atoms with Crippen molar-refractivity contribution in [1.82, 2.24) is 0 Å². The van der Waals surface area contributed by atoms with Gasteiger partial charge in [0.05, 0.1) is 13.2 Å². The van der Waals surface area contributed by atoms with Crippen molar-refractivity contribution in [2.75, 3.05) is 13.2 Å². The van der Waals surface area contributed by atoms with Gasteiger partial charge in [-0.15, -0.1) is 6.58 Å². The Morgan fingerprint density at radius 3 is 2.60 bits per heavy atom. The predicted molar refractivity (Wildman–Crippen MR) is 49.9 cm³/mol. The number of ether oxygens (including phenoxy) is 2. The first-order valence-corrected chi connectivity index (χ1v) is 4.64. The van der Waals surface area contributed by atoms with Crippen LogP contribution >= 0.6 is 0 Å². The first kappa shape index (κ1) is 12.6. The van der Waals surface area contributed by atoms with E-state index < -0.39 is 37.3 Å². The van der Waals surface area contributed by atoms with Gasteiger partial charge in [0.15, 0.2) is 6.29 Å². The molecule has 1 rings (SSSR count). The largest absolute Gasteiger partial charge is 0.394 e. The van der Waals surface area contributed by atoms with Crippen LogP contribution in [0.25, 0.3) is 0 Å². The highest BCUT2D eigenvalue weighted by atomic mass is 16.7. The molecule has 5 atom stereocenters. The van der Waals surface area contributed by atoms with Crippen LogP contribution in [0.1, 0.15) is 0 Å². The molecule has 4 N–H and O–H groups in total. The van der Waals surface area contributed by atoms with E-state index in [1.807, 2.05) is 0 Å². The maximum Gasteiger partial charge on any atom is 0.187 e. The lowest BCUT2D eigenvalue weighted by atomic mass is 10.1. The van der Waals surface area contributed by atoms with Crippen molar-refractivity contribution in [3.8, 4) is 0 Å². The molecule has 0 aromatic carbocycles. The topological polar surface area (TPSA) is 99.4 Å². The Labute approximate surface area is 87.4 Å². The van der Waals surface area contributed by atoms with Crippen LogP contribution in [0.4, 0.5) is 0 Å². The molecule has 0 aliphatic carbocycles. The van der Waals surface area contributed by atoms with E-state index in [2.05, 4.69) is 6.58 Å². The minimum atomic E-state index is -1.28. The smallest absolute Gasteiger partial charge is 0.187 e. The van der Waals surface area contributed by atoms with Gasteiger partial charge in [0.2, 0.25) is 0 Å². The van der Waals surface area contributed by atoms with E-state index in [0.717, 1.165) is 0 Å². The van der Waals surface area contributed by atoms with E-state index in [4.69, 9.17) is 14.6 Å². The number of rotatable bonds is 5. The lowest BCUT2D eigenvalue weighted by Crippen LogP contribution is -2.40. The Bertz CT molecular complexity index is 209. The second-order valence-electron chi connectivity index (χ2n) is 3.32. The van der Waals surface area contributed by atoms with Crippen LogP contribution in [0.3, 0.4) is 0 Å². The molecule has 0 bridgehead atoms. The summed E-state index contributed by atoms with van der Waals surface area (Å²) in [5, 5.41) is 36.9. The van der Waals surface area contributed by atoms with Gasteiger partial charge < -0.3 is 29.9 Å². The van der Waals surface area contributed by atoms with Gasteiger partial charge in [0.25, 0.3) is 0 Å². The summed E-state index contributed by atoms with van der Waals surface area (Å²) in [6.45, 7) is 3.03. The fourth-order valence-electron chi connectivity index (χ4n) is 1.39. The van der Waals surface area contributed by atoms with Crippen LogP contribution in [0.5, 0.6) is 0 Å². The number of aliphatic hydroxyl groups excluding tert-OH is 4. The average Bonchev–Trinajstić information content (AvgIpc) is 2.53. The molecule has 0 spiro atoms. The highest BCUT2D eigenvalue weighted by Gasteiger charge is 2.46. The lowest BCUT2D eigenvalue weighted by molar-refractivity contribution is -0.175. The first-order valence-electron chi connectivity index (χ1n) is 4.64. The molecule has 0 aromatic rings. The summed E-state index contributed by atoms with van der Waals surface area (Å²) in [4.78, 5) is 0. The molecule has 88 valence electrons. The predicted octanol–water partition coefficient (Wildman–Crippen LogP) is -2.01. The van der Waals surface area contributed by atoms with Gasteiger partial charge in [0.1, 0.15) is 24.4 Å². The molecule has 0 saturated carbocycles. The molecule has 1 aliphatic rings. The third kappa shape index (κ3) is 2.75. The minimum Gasteiger partial charge on any atom is -0.394 e. The third-order valence-corrected chi connectivity index (χ3v) is 2.20. The first-order chi connectivity index (χ1) is 7.11. The molecule has 1 heterocycles. The summed E-state index contributed by atoms with van der Waals surface area (Å²) >= 11 is 0. The van der Waals surface area contributed by atoms with E-state index in [0.29, 0.717) is 0 Å². The number of aliphatic hydroxyl groups is 4. The van der Waals surface area contributed by atoms with E-state index in [1.54, 1.807) is 0 Å². The van der Waals surface area contributed by atoms with E-state index >= 15 is 0 Å². The summed E-state index contributed by atoms with van der Waals surface area (Å²) in [7, 11) is 0. The molecular weight excluding hydrogens is 204 g/mol. The second-order valence-corrected chi connectivity index (χ2v) is 3.32. The van der Waals surface area contributed by atoms with Gasteiger partial charge in [-0.05, 0) is 0 Å². The van der Waals surface area contributed by atoms with Crippen LogP contribution in [0, 0.1) is 0 Å². The molecule has 15 heavy (non-hydrogen) atoms. The Balaban J connectivity index is 2.54. The average molecular weight is 220 g/mol. The zero-order valence-corrected chi connectivity index (χ0v) is 8.19. The Morgan fingerprint density at radius 2 is 2.07 bits per heavy atom. The Morgan fingerprint density at radius 1 is 1.40 bits per heavy atom. The van der Waals surface area contributed by atoms with E-state index in [1.165, 1.54) is 6.08 Å². The van der Waals surface area contributed by atoms with Crippen LogP contribution < -0.4 is 0 Å². The number of hydrogen-bond donors (Lipinski definition) is 4. The fourth-order valence-corrected chi connectivity index (χ4v) is 1.39. The van der Waals surface area contributed by atoms with Crippen LogP contribution in [-0.2, 0) is 9.47 Å². The minimum absolute atomic E-state index is 0.163. The van der Waals surface area contributed by atoms with Crippen molar-refractivity contribution < 1.29 is 29.9 Å². The molecule has 1 saturated heterocycles. The molecule has 6 heteroatoms. The summed E-state index contributed by atoms with van der Waals surface area (Å²) in [5.41, 5.74) is 0. The normalized spacial score (nSPS) is 37.9. The van der Waals surface area contributed by atoms with E-state index in [-0.39, 0.29) is 6.61 Å². The van der Waals surface area contributed by atoms with Gasteiger partial charge in [-0.2, -0.15) is 0 Å². The van der Waals surface area contributed by atoms with Crippen molar-refractivity contribution in [2.45, 2.75) is 30.7 Å². The van der Waals surface area contributed by atoms with Gasteiger partial charge >= 0.3 is 0 Å². The van der Waals surface area contributed by atoms with Gasteiger partial charge in [-0.3, -0.25) is 0 Å². The molecule has 1 fully saturated rings. The van der Waals surface area contributed by atoms with Gasteiger partial charge in [-0.1, -0.05) is 6.08 Å². The zero-order valence-electron chi connectivity index (χ0n) is 8.19. The van der Waals surface area contributed by atoms with Crippen molar-refractivity contribution in [2.24, 2.45) is 0 Å². The van der Waals surface area contributed by atoms with Crippen molar-refractivity contribution >= 4 is 0 Å². The third-order valence-electron chi connectivity index (χ3n) is 2.20. The second kappa shape index (κ2) is 5.55. The highest BCUT2D eigenvalue weighted by molar-refractivity contribution is 4.90. The van der Waals surface area contributed by atoms with Crippen LogP contribution in [0.2, 0.25) is 0 Å². The zero-order chi connectivity index (χ0) is 11.4. The molecule has 0 aromatic heterocycles. The quantitative estimate of drug-likeness (QED) is 0.399. The van der Waals surface area contributed by atoms with Crippen molar-refractivity contribution in [3.63, 3.8) is 0 Å². The fraction of sp³-hybridized carbons (Fsp3) is 0.778. The Hall–Kier alpha value is -0.500.